The molecule has 0 aromatic heterocycles. The van der Waals surface area contributed by atoms with Crippen LogP contribution in [0.1, 0.15) is 26.3 Å². The molecule has 1 rings (SSSR count). The lowest BCUT2D eigenvalue weighted by molar-refractivity contribution is 0.0601. The van der Waals surface area contributed by atoms with Gasteiger partial charge in [-0.15, -0.1) is 0 Å². The van der Waals surface area contributed by atoms with Crippen molar-refractivity contribution >= 4 is 10.0 Å². The molecule has 0 amide bonds. The smallest absolute Gasteiger partial charge is 0.244 e. The first-order valence-corrected chi connectivity index (χ1v) is 8.07. The molecule has 0 aliphatic rings. The molecule has 0 heterocycles. The van der Waals surface area contributed by atoms with Gasteiger partial charge in [-0.1, -0.05) is 30.9 Å². The van der Waals surface area contributed by atoms with Crippen LogP contribution in [0.4, 0.5) is 0 Å². The first-order valence-electron chi connectivity index (χ1n) is 6.63. The molecule has 0 unspecified atom stereocenters. The molecule has 0 spiro atoms. The van der Waals surface area contributed by atoms with E-state index in [2.05, 4.69) is 11.8 Å². The summed E-state index contributed by atoms with van der Waals surface area (Å²) >= 11 is 0. The van der Waals surface area contributed by atoms with E-state index in [0.717, 1.165) is 0 Å². The van der Waals surface area contributed by atoms with Gasteiger partial charge in [-0.25, -0.2) is 8.42 Å². The maximum absolute atomic E-state index is 12.7. The van der Waals surface area contributed by atoms with Gasteiger partial charge in [0.15, 0.2) is 0 Å². The van der Waals surface area contributed by atoms with Gasteiger partial charge in [0.05, 0.1) is 10.5 Å². The Hall–Kier alpha value is -1.39. The Balaban J connectivity index is 3.29. The Morgan fingerprint density at radius 2 is 1.90 bits per heavy atom. The number of benzene rings is 1. The molecule has 1 aromatic carbocycles. The Morgan fingerprint density at radius 3 is 2.43 bits per heavy atom. The van der Waals surface area contributed by atoms with Gasteiger partial charge in [0, 0.05) is 18.7 Å². The quantitative estimate of drug-likeness (QED) is 0.789. The lowest BCUT2D eigenvalue weighted by Crippen LogP contribution is -2.42. The fourth-order valence-electron chi connectivity index (χ4n) is 1.87. The Kier molecular flexibility index (Phi) is 5.93. The summed E-state index contributed by atoms with van der Waals surface area (Å²) in [7, 11) is -3.76. The third-order valence-corrected chi connectivity index (χ3v) is 4.70. The van der Waals surface area contributed by atoms with Crippen LogP contribution >= 0.6 is 0 Å². The average Bonchev–Trinajstić information content (AvgIpc) is 2.41. The minimum absolute atomic E-state index is 0.00635. The van der Waals surface area contributed by atoms with Crippen molar-refractivity contribution in [3.05, 3.63) is 29.8 Å². The van der Waals surface area contributed by atoms with Crippen LogP contribution in [0.25, 0.3) is 0 Å². The van der Waals surface area contributed by atoms with Gasteiger partial charge in [0.25, 0.3) is 0 Å². The fourth-order valence-corrected chi connectivity index (χ4v) is 3.62. The molecule has 6 heteroatoms. The van der Waals surface area contributed by atoms with E-state index in [9.17, 15) is 13.5 Å². The van der Waals surface area contributed by atoms with E-state index in [-0.39, 0.29) is 24.6 Å². The van der Waals surface area contributed by atoms with Crippen molar-refractivity contribution < 1.29 is 18.6 Å². The molecule has 0 radical (unpaired) electrons. The zero-order chi connectivity index (χ0) is 16.1. The van der Waals surface area contributed by atoms with Crippen LogP contribution in [0.15, 0.2) is 29.2 Å². The molecule has 0 saturated heterocycles. The van der Waals surface area contributed by atoms with E-state index in [1.54, 1.807) is 39.0 Å². The first-order chi connectivity index (χ1) is 9.72. The van der Waals surface area contributed by atoms with Crippen LogP contribution in [0, 0.1) is 11.8 Å². The maximum atomic E-state index is 12.7. The van der Waals surface area contributed by atoms with Gasteiger partial charge in [0.1, 0.15) is 6.61 Å². The summed E-state index contributed by atoms with van der Waals surface area (Å²) in [6.07, 6.45) is 0. The predicted octanol–water partition coefficient (Wildman–Crippen LogP) is 0.812. The number of aliphatic hydroxyl groups is 2. The van der Waals surface area contributed by atoms with Crippen molar-refractivity contribution in [1.82, 2.24) is 4.31 Å². The molecule has 0 fully saturated rings. The molecule has 5 nitrogen and oxygen atoms in total. The van der Waals surface area contributed by atoms with Crippen LogP contribution in [0.5, 0.6) is 0 Å². The van der Waals surface area contributed by atoms with Gasteiger partial charge in [-0.05, 0) is 26.0 Å². The standard InChI is InChI=1S/C15H21NO4S/c1-4-16(12-15(2,3)18)21(19,20)14-10-6-5-8-13(14)9-7-11-17/h5-6,8,10,17-18H,4,11-12H2,1-3H3. The van der Waals surface area contributed by atoms with Crippen LogP contribution in [-0.2, 0) is 10.0 Å². The number of rotatable bonds is 5. The van der Waals surface area contributed by atoms with Crippen molar-refractivity contribution in [3.63, 3.8) is 0 Å². The van der Waals surface area contributed by atoms with Gasteiger partial charge in [0.2, 0.25) is 10.0 Å². The highest BCUT2D eigenvalue weighted by Gasteiger charge is 2.29. The highest BCUT2D eigenvalue weighted by Crippen LogP contribution is 2.21. The zero-order valence-corrected chi connectivity index (χ0v) is 13.3. The number of aliphatic hydroxyl groups excluding tert-OH is 1. The molecular formula is C15H21NO4S. The first kappa shape index (κ1) is 17.7. The zero-order valence-electron chi connectivity index (χ0n) is 12.5. The van der Waals surface area contributed by atoms with E-state index >= 15 is 0 Å². The van der Waals surface area contributed by atoms with E-state index < -0.39 is 15.6 Å². The third kappa shape index (κ3) is 4.83. The van der Waals surface area contributed by atoms with Gasteiger partial charge in [-0.3, -0.25) is 0 Å². The van der Waals surface area contributed by atoms with Crippen LogP contribution in [0.2, 0.25) is 0 Å². The molecule has 0 aliphatic heterocycles. The summed E-state index contributed by atoms with van der Waals surface area (Å²) in [6, 6.07) is 6.37. The molecule has 2 N–H and O–H groups in total. The second kappa shape index (κ2) is 7.05. The number of sulfonamides is 1. The summed E-state index contributed by atoms with van der Waals surface area (Å²) < 4.78 is 26.6. The summed E-state index contributed by atoms with van der Waals surface area (Å²) in [6.45, 7) is 4.73. The third-order valence-electron chi connectivity index (χ3n) is 2.72. The molecule has 116 valence electrons. The average molecular weight is 311 g/mol. The second-order valence-electron chi connectivity index (χ2n) is 5.20. The molecule has 0 aliphatic carbocycles. The number of hydrogen-bond acceptors (Lipinski definition) is 4. The van der Waals surface area contributed by atoms with E-state index in [0.29, 0.717) is 5.56 Å². The van der Waals surface area contributed by atoms with E-state index in [1.807, 2.05) is 0 Å². The van der Waals surface area contributed by atoms with E-state index in [1.165, 1.54) is 10.4 Å². The van der Waals surface area contributed by atoms with Crippen molar-refractivity contribution in [2.45, 2.75) is 31.3 Å². The van der Waals surface area contributed by atoms with Crippen molar-refractivity contribution in [1.29, 1.82) is 0 Å². The largest absolute Gasteiger partial charge is 0.389 e. The molecule has 0 saturated carbocycles. The summed E-state index contributed by atoms with van der Waals surface area (Å²) in [4.78, 5) is 0.0806. The number of hydrogen-bond donors (Lipinski definition) is 2. The predicted molar refractivity (Wildman–Crippen MR) is 81.1 cm³/mol. The fraction of sp³-hybridized carbons (Fsp3) is 0.467. The molecule has 0 atom stereocenters. The SMILES string of the molecule is CCN(CC(C)(C)O)S(=O)(=O)c1ccccc1C#CCO. The highest BCUT2D eigenvalue weighted by atomic mass is 32.2. The maximum Gasteiger partial charge on any atom is 0.244 e. The Morgan fingerprint density at radius 1 is 1.29 bits per heavy atom. The van der Waals surface area contributed by atoms with Crippen molar-refractivity contribution in [2.24, 2.45) is 0 Å². The molecule has 1 aromatic rings. The van der Waals surface area contributed by atoms with E-state index in [4.69, 9.17) is 5.11 Å². The minimum Gasteiger partial charge on any atom is -0.389 e. The second-order valence-corrected chi connectivity index (χ2v) is 7.11. The monoisotopic (exact) mass is 311 g/mol. The van der Waals surface area contributed by atoms with Gasteiger partial charge >= 0.3 is 0 Å². The Labute approximate surface area is 126 Å². The Bertz CT molecular complexity index is 636. The molecule has 0 bridgehead atoms. The summed E-state index contributed by atoms with van der Waals surface area (Å²) in [5.74, 6) is 5.10. The summed E-state index contributed by atoms with van der Waals surface area (Å²) in [5.41, 5.74) is -0.796. The van der Waals surface area contributed by atoms with Crippen LogP contribution < -0.4 is 0 Å². The molecular weight excluding hydrogens is 290 g/mol. The molecule has 21 heavy (non-hydrogen) atoms. The van der Waals surface area contributed by atoms with Gasteiger partial charge in [-0.2, -0.15) is 4.31 Å². The van der Waals surface area contributed by atoms with Crippen LogP contribution in [0.3, 0.4) is 0 Å². The van der Waals surface area contributed by atoms with Gasteiger partial charge < -0.3 is 10.2 Å². The highest BCUT2D eigenvalue weighted by molar-refractivity contribution is 7.89. The number of likely N-dealkylation sites (N-methyl/N-ethyl adjacent to an activating group) is 1. The minimum atomic E-state index is -3.76. The topological polar surface area (TPSA) is 77.8 Å². The normalized spacial score (nSPS) is 12.1. The van der Waals surface area contributed by atoms with Crippen LogP contribution in [-0.4, -0.2) is 48.2 Å². The number of nitrogens with zero attached hydrogens (tertiary/aromatic N) is 1. The van der Waals surface area contributed by atoms with Crippen molar-refractivity contribution in [2.75, 3.05) is 19.7 Å². The van der Waals surface area contributed by atoms with Crippen molar-refractivity contribution in [3.8, 4) is 11.8 Å². The lowest BCUT2D eigenvalue weighted by Gasteiger charge is -2.27. The summed E-state index contributed by atoms with van der Waals surface area (Å²) in [5, 5.41) is 18.6. The lowest BCUT2D eigenvalue weighted by atomic mass is 10.1.